The van der Waals surface area contributed by atoms with E-state index in [0.717, 1.165) is 54.1 Å². The lowest BCUT2D eigenvalue weighted by molar-refractivity contribution is 0.101. The average molecular weight is 429 g/mol. The first-order chi connectivity index (χ1) is 15.1. The van der Waals surface area contributed by atoms with Gasteiger partial charge in [0.2, 0.25) is 0 Å². The van der Waals surface area contributed by atoms with Gasteiger partial charge < -0.3 is 4.90 Å². The molecule has 0 unspecified atom stereocenters. The minimum absolute atomic E-state index is 0.110. The van der Waals surface area contributed by atoms with Crippen molar-refractivity contribution in [1.29, 1.82) is 0 Å². The Balaban J connectivity index is 1.39. The third-order valence-electron chi connectivity index (χ3n) is 6.37. The van der Waals surface area contributed by atoms with Gasteiger partial charge in [0, 0.05) is 54.7 Å². The molecule has 1 fully saturated rings. The highest BCUT2D eigenvalue weighted by Crippen LogP contribution is 2.36. The Morgan fingerprint density at radius 1 is 0.774 bits per heavy atom. The first kappa shape index (κ1) is 20.0. The van der Waals surface area contributed by atoms with Crippen LogP contribution in [0.5, 0.6) is 0 Å². The minimum atomic E-state index is 0.110. The van der Waals surface area contributed by atoms with Gasteiger partial charge in [0.1, 0.15) is 0 Å². The highest BCUT2D eigenvalue weighted by molar-refractivity contribution is 6.41. The number of carbonyl (C=O) groups is 1. The van der Waals surface area contributed by atoms with Gasteiger partial charge in [0.05, 0.1) is 5.02 Å². The number of halogens is 1. The minimum Gasteiger partial charge on any atom is -0.369 e. The molecule has 0 atom stereocenters. The van der Waals surface area contributed by atoms with Crippen LogP contribution in [-0.4, -0.2) is 36.9 Å². The van der Waals surface area contributed by atoms with Crippen LogP contribution in [-0.2, 0) is 6.54 Å². The highest BCUT2D eigenvalue weighted by Gasteiger charge is 2.20. The number of benzene rings is 4. The van der Waals surface area contributed by atoms with E-state index < -0.39 is 0 Å². The van der Waals surface area contributed by atoms with Gasteiger partial charge in [-0.25, -0.2) is 0 Å². The van der Waals surface area contributed by atoms with E-state index in [2.05, 4.69) is 70.5 Å². The van der Waals surface area contributed by atoms with E-state index in [9.17, 15) is 4.79 Å². The first-order valence-electron chi connectivity index (χ1n) is 10.8. The van der Waals surface area contributed by atoms with E-state index >= 15 is 0 Å². The lowest BCUT2D eigenvalue weighted by Crippen LogP contribution is -2.46. The van der Waals surface area contributed by atoms with Crippen LogP contribution in [0.15, 0.2) is 72.8 Å². The quantitative estimate of drug-likeness (QED) is 0.287. The van der Waals surface area contributed by atoms with Gasteiger partial charge in [-0.15, -0.1) is 0 Å². The zero-order chi connectivity index (χ0) is 21.4. The molecule has 1 saturated heterocycles. The predicted molar refractivity (Wildman–Crippen MR) is 130 cm³/mol. The number of nitrogens with zero attached hydrogens (tertiary/aromatic N) is 2. The molecule has 0 spiro atoms. The summed E-state index contributed by atoms with van der Waals surface area (Å²) in [7, 11) is 0. The maximum Gasteiger partial charge on any atom is 0.159 e. The zero-order valence-corrected chi connectivity index (χ0v) is 18.4. The van der Waals surface area contributed by atoms with Crippen molar-refractivity contribution in [1.82, 2.24) is 4.90 Å². The summed E-state index contributed by atoms with van der Waals surface area (Å²) in [5.74, 6) is 0.110. The number of rotatable bonds is 4. The van der Waals surface area contributed by atoms with Crippen molar-refractivity contribution in [3.8, 4) is 0 Å². The van der Waals surface area contributed by atoms with Crippen LogP contribution >= 0.6 is 11.6 Å². The predicted octanol–water partition coefficient (Wildman–Crippen LogP) is 6.17. The van der Waals surface area contributed by atoms with Crippen LogP contribution in [0.25, 0.3) is 21.5 Å². The van der Waals surface area contributed by atoms with Gasteiger partial charge >= 0.3 is 0 Å². The number of anilines is 1. The Bertz CT molecular complexity index is 1200. The average Bonchev–Trinajstić information content (AvgIpc) is 2.82. The molecule has 0 aliphatic carbocycles. The molecule has 0 bridgehead atoms. The van der Waals surface area contributed by atoms with E-state index in [-0.39, 0.29) is 5.78 Å². The van der Waals surface area contributed by atoms with Crippen molar-refractivity contribution in [3.63, 3.8) is 0 Å². The Kier molecular flexibility index (Phi) is 5.39. The summed E-state index contributed by atoms with van der Waals surface area (Å²) in [5, 5.41) is 5.58. The maximum absolute atomic E-state index is 11.5. The molecule has 1 heterocycles. The molecule has 1 aliphatic rings. The molecule has 4 heteroatoms. The second-order valence-electron chi connectivity index (χ2n) is 8.25. The summed E-state index contributed by atoms with van der Waals surface area (Å²) in [4.78, 5) is 16.5. The molecule has 5 rings (SSSR count). The Morgan fingerprint density at radius 2 is 1.29 bits per heavy atom. The van der Waals surface area contributed by atoms with Crippen molar-refractivity contribution >= 4 is 44.6 Å². The van der Waals surface area contributed by atoms with Crippen molar-refractivity contribution in [3.05, 3.63) is 88.9 Å². The van der Waals surface area contributed by atoms with Crippen LogP contribution < -0.4 is 4.90 Å². The maximum atomic E-state index is 11.5. The molecule has 3 nitrogen and oxygen atoms in total. The van der Waals surface area contributed by atoms with Gasteiger partial charge in [-0.2, -0.15) is 0 Å². The number of piperazine rings is 1. The number of ketones is 1. The molecule has 31 heavy (non-hydrogen) atoms. The molecular weight excluding hydrogens is 404 g/mol. The monoisotopic (exact) mass is 428 g/mol. The summed E-state index contributed by atoms with van der Waals surface area (Å²) in [6.07, 6.45) is 0. The Hall–Kier alpha value is -2.88. The molecule has 0 N–H and O–H groups in total. The molecule has 1 aliphatic heterocycles. The second-order valence-corrected chi connectivity index (χ2v) is 8.63. The largest absolute Gasteiger partial charge is 0.369 e. The molecular formula is C27H25ClN2O. The second kappa shape index (κ2) is 8.33. The van der Waals surface area contributed by atoms with Crippen LogP contribution in [0.4, 0.5) is 5.69 Å². The SMILES string of the molecule is CC(=O)c1ccc(N2CCN(Cc3c4ccccc4c(Cl)c4ccccc34)CC2)cc1. The lowest BCUT2D eigenvalue weighted by atomic mass is 9.96. The van der Waals surface area contributed by atoms with Crippen molar-refractivity contribution in [2.24, 2.45) is 0 Å². The molecule has 4 aromatic carbocycles. The summed E-state index contributed by atoms with van der Waals surface area (Å²) < 4.78 is 0. The summed E-state index contributed by atoms with van der Waals surface area (Å²) in [6, 6.07) is 24.9. The fourth-order valence-electron chi connectivity index (χ4n) is 4.63. The fraction of sp³-hybridized carbons (Fsp3) is 0.222. The van der Waals surface area contributed by atoms with Crippen LogP contribution in [0.1, 0.15) is 22.8 Å². The fourth-order valence-corrected chi connectivity index (χ4v) is 4.96. The van der Waals surface area contributed by atoms with E-state index in [1.165, 1.54) is 22.0 Å². The Morgan fingerprint density at radius 3 is 1.81 bits per heavy atom. The third kappa shape index (κ3) is 3.80. The number of carbonyl (C=O) groups excluding carboxylic acids is 1. The summed E-state index contributed by atoms with van der Waals surface area (Å²) >= 11 is 6.77. The van der Waals surface area contributed by atoms with Crippen LogP contribution in [0.3, 0.4) is 0 Å². The van der Waals surface area contributed by atoms with Crippen molar-refractivity contribution < 1.29 is 4.79 Å². The third-order valence-corrected chi connectivity index (χ3v) is 6.78. The molecule has 156 valence electrons. The molecule has 0 amide bonds. The molecule has 0 radical (unpaired) electrons. The Labute approximate surface area is 187 Å². The normalized spacial score (nSPS) is 15.0. The van der Waals surface area contributed by atoms with E-state index in [0.29, 0.717) is 0 Å². The van der Waals surface area contributed by atoms with E-state index in [1.54, 1.807) is 6.92 Å². The summed E-state index contributed by atoms with van der Waals surface area (Å²) in [6.45, 7) is 6.47. The van der Waals surface area contributed by atoms with Crippen LogP contribution in [0, 0.1) is 0 Å². The van der Waals surface area contributed by atoms with Crippen molar-refractivity contribution in [2.45, 2.75) is 13.5 Å². The van der Waals surface area contributed by atoms with E-state index in [4.69, 9.17) is 11.6 Å². The van der Waals surface area contributed by atoms with Gasteiger partial charge in [-0.1, -0.05) is 60.1 Å². The van der Waals surface area contributed by atoms with E-state index in [1.807, 2.05) is 12.1 Å². The number of hydrogen-bond acceptors (Lipinski definition) is 3. The molecule has 0 aromatic heterocycles. The lowest BCUT2D eigenvalue weighted by Gasteiger charge is -2.36. The first-order valence-corrected chi connectivity index (χ1v) is 11.2. The molecule has 4 aromatic rings. The smallest absolute Gasteiger partial charge is 0.159 e. The number of fused-ring (bicyclic) bond motifs is 2. The summed E-state index contributed by atoms with van der Waals surface area (Å²) in [5.41, 5.74) is 3.31. The topological polar surface area (TPSA) is 23.6 Å². The van der Waals surface area contributed by atoms with Gasteiger partial charge in [-0.3, -0.25) is 9.69 Å². The molecule has 0 saturated carbocycles. The van der Waals surface area contributed by atoms with Crippen LogP contribution in [0.2, 0.25) is 5.02 Å². The number of Topliss-reactive ketones (excluding diaryl/α,β-unsaturated/α-hetero) is 1. The van der Waals surface area contributed by atoms with Crippen molar-refractivity contribution in [2.75, 3.05) is 31.1 Å². The standard InChI is InChI=1S/C27H25ClN2O/c1-19(31)20-10-12-21(13-11-20)30-16-14-29(15-17-30)18-26-22-6-2-4-8-24(22)27(28)25-9-5-3-7-23(25)26/h2-13H,14-18H2,1H3. The number of hydrogen-bond donors (Lipinski definition) is 0. The van der Waals surface area contributed by atoms with Gasteiger partial charge in [0.25, 0.3) is 0 Å². The van der Waals surface area contributed by atoms with Gasteiger partial charge in [-0.05, 0) is 47.5 Å². The zero-order valence-electron chi connectivity index (χ0n) is 17.6. The highest BCUT2D eigenvalue weighted by atomic mass is 35.5. The van der Waals surface area contributed by atoms with Gasteiger partial charge in [0.15, 0.2) is 5.78 Å².